The molecule has 1 atom stereocenters. The van der Waals surface area contributed by atoms with Gasteiger partial charge < -0.3 is 15.0 Å². The van der Waals surface area contributed by atoms with Crippen molar-refractivity contribution >= 4 is 17.5 Å². The Morgan fingerprint density at radius 3 is 2.73 bits per heavy atom. The summed E-state index contributed by atoms with van der Waals surface area (Å²) in [6.45, 7) is 9.04. The molecule has 0 aliphatic carbocycles. The molecule has 0 unspecified atom stereocenters. The third kappa shape index (κ3) is 4.62. The fourth-order valence-electron chi connectivity index (χ4n) is 2.66. The lowest BCUT2D eigenvalue weighted by Gasteiger charge is -2.32. The lowest BCUT2D eigenvalue weighted by Crippen LogP contribution is -2.48. The number of piperidine rings is 1. The molecule has 1 aliphatic rings. The Labute approximate surface area is 137 Å². The van der Waals surface area contributed by atoms with Crippen LogP contribution in [0.4, 0.5) is 0 Å². The molecular formula is C17H25ClN2O2. The van der Waals surface area contributed by atoms with Crippen LogP contribution in [0.3, 0.4) is 0 Å². The van der Waals surface area contributed by atoms with Crippen LogP contribution in [0.15, 0.2) is 18.2 Å². The van der Waals surface area contributed by atoms with Crippen LogP contribution in [0.1, 0.15) is 32.3 Å². The predicted octanol–water partition coefficient (Wildman–Crippen LogP) is 3.02. The van der Waals surface area contributed by atoms with E-state index in [-0.39, 0.29) is 11.9 Å². The number of nitrogens with zero attached hydrogens (tertiary/aromatic N) is 1. The predicted molar refractivity (Wildman–Crippen MR) is 89.6 cm³/mol. The molecule has 1 amide bonds. The zero-order valence-electron chi connectivity index (χ0n) is 13.6. The number of hydrogen-bond acceptors (Lipinski definition) is 3. The van der Waals surface area contributed by atoms with Crippen LogP contribution in [0.5, 0.6) is 5.75 Å². The summed E-state index contributed by atoms with van der Waals surface area (Å²) in [5.41, 5.74) is 0.943. The molecule has 1 saturated heterocycles. The summed E-state index contributed by atoms with van der Waals surface area (Å²) in [4.78, 5) is 14.6. The minimum Gasteiger partial charge on any atom is -0.481 e. The number of carbonyl (C=O) groups is 1. The molecule has 4 nitrogen and oxygen atoms in total. The molecule has 122 valence electrons. The minimum absolute atomic E-state index is 0.0532. The summed E-state index contributed by atoms with van der Waals surface area (Å²) < 4.78 is 5.71. The van der Waals surface area contributed by atoms with Crippen LogP contribution >= 0.6 is 11.6 Å². The normalized spacial score (nSPS) is 18.0. The maximum absolute atomic E-state index is 12.2. The molecule has 1 aliphatic heterocycles. The number of carbonyl (C=O) groups excluding carboxylic acids is 1. The van der Waals surface area contributed by atoms with Crippen LogP contribution in [0.2, 0.25) is 5.02 Å². The third-order valence-electron chi connectivity index (χ3n) is 4.19. The average Bonchev–Trinajstić information content (AvgIpc) is 2.51. The van der Waals surface area contributed by atoms with E-state index in [4.69, 9.17) is 16.3 Å². The van der Waals surface area contributed by atoms with Gasteiger partial charge in [0.15, 0.2) is 6.10 Å². The van der Waals surface area contributed by atoms with Gasteiger partial charge in [0, 0.05) is 24.2 Å². The first-order chi connectivity index (χ1) is 10.5. The zero-order valence-corrected chi connectivity index (χ0v) is 14.3. The van der Waals surface area contributed by atoms with E-state index >= 15 is 0 Å². The van der Waals surface area contributed by atoms with Gasteiger partial charge in [0.05, 0.1) is 0 Å². The lowest BCUT2D eigenvalue weighted by molar-refractivity contribution is -0.128. The summed E-state index contributed by atoms with van der Waals surface area (Å²) in [5, 5.41) is 3.79. The molecule has 0 radical (unpaired) electrons. The highest BCUT2D eigenvalue weighted by Crippen LogP contribution is 2.22. The lowest BCUT2D eigenvalue weighted by atomic mass is 10.0. The van der Waals surface area contributed by atoms with E-state index in [0.717, 1.165) is 38.0 Å². The first kappa shape index (κ1) is 17.1. The molecule has 1 N–H and O–H groups in total. The number of aryl methyl sites for hydroxylation is 1. The molecular weight excluding hydrogens is 300 g/mol. The van der Waals surface area contributed by atoms with Gasteiger partial charge in [-0.2, -0.15) is 0 Å². The summed E-state index contributed by atoms with van der Waals surface area (Å²) >= 11 is 5.99. The van der Waals surface area contributed by atoms with E-state index in [0.29, 0.717) is 10.8 Å². The number of rotatable bonds is 5. The summed E-state index contributed by atoms with van der Waals surface area (Å²) in [7, 11) is 0. The van der Waals surface area contributed by atoms with E-state index in [2.05, 4.69) is 17.1 Å². The van der Waals surface area contributed by atoms with Gasteiger partial charge >= 0.3 is 0 Å². The van der Waals surface area contributed by atoms with Crippen molar-refractivity contribution in [2.24, 2.45) is 0 Å². The summed E-state index contributed by atoms with van der Waals surface area (Å²) in [5.74, 6) is 0.618. The van der Waals surface area contributed by atoms with Gasteiger partial charge in [-0.1, -0.05) is 18.5 Å². The van der Waals surface area contributed by atoms with Crippen molar-refractivity contribution in [3.63, 3.8) is 0 Å². The second-order valence-electron chi connectivity index (χ2n) is 5.89. The van der Waals surface area contributed by atoms with Crippen LogP contribution in [-0.4, -0.2) is 42.6 Å². The van der Waals surface area contributed by atoms with E-state index in [1.54, 1.807) is 19.1 Å². The SMILES string of the molecule is CCN1CCC(NC(=O)[C@@H](C)Oc2ccc(Cl)c(C)c2)CC1. The molecule has 1 fully saturated rings. The first-order valence-electron chi connectivity index (χ1n) is 7.95. The minimum atomic E-state index is -0.509. The van der Waals surface area contributed by atoms with Gasteiger partial charge in [-0.15, -0.1) is 0 Å². The smallest absolute Gasteiger partial charge is 0.260 e. The highest BCUT2D eigenvalue weighted by molar-refractivity contribution is 6.31. The summed E-state index contributed by atoms with van der Waals surface area (Å²) in [6.07, 6.45) is 1.50. The Hall–Kier alpha value is -1.26. The van der Waals surface area contributed by atoms with Crippen LogP contribution in [-0.2, 0) is 4.79 Å². The maximum atomic E-state index is 12.2. The number of halogens is 1. The van der Waals surface area contributed by atoms with Gasteiger partial charge in [-0.3, -0.25) is 4.79 Å². The second-order valence-corrected chi connectivity index (χ2v) is 6.30. The number of hydrogen-bond donors (Lipinski definition) is 1. The molecule has 0 saturated carbocycles. The Morgan fingerprint density at radius 1 is 1.45 bits per heavy atom. The topological polar surface area (TPSA) is 41.6 Å². The van der Waals surface area contributed by atoms with Gasteiger partial charge in [0.1, 0.15) is 5.75 Å². The fraction of sp³-hybridized carbons (Fsp3) is 0.588. The molecule has 0 aromatic heterocycles. The van der Waals surface area contributed by atoms with E-state index < -0.39 is 6.10 Å². The molecule has 2 rings (SSSR count). The molecule has 0 spiro atoms. The van der Waals surface area contributed by atoms with Gasteiger partial charge in [-0.05, 0) is 57.0 Å². The van der Waals surface area contributed by atoms with Crippen molar-refractivity contribution < 1.29 is 9.53 Å². The Balaban J connectivity index is 1.83. The standard InChI is InChI=1S/C17H25ClN2O2/c1-4-20-9-7-14(8-10-20)19-17(21)13(3)22-15-5-6-16(18)12(2)11-15/h5-6,11,13-14H,4,7-10H2,1-3H3,(H,19,21)/t13-/m1/s1. The van der Waals surface area contributed by atoms with Crippen LogP contribution < -0.4 is 10.1 Å². The Kier molecular flexibility index (Phi) is 6.09. The number of benzene rings is 1. The third-order valence-corrected chi connectivity index (χ3v) is 4.62. The van der Waals surface area contributed by atoms with E-state index in [1.165, 1.54) is 0 Å². The molecule has 22 heavy (non-hydrogen) atoms. The molecule has 0 bridgehead atoms. The largest absolute Gasteiger partial charge is 0.481 e. The first-order valence-corrected chi connectivity index (χ1v) is 8.33. The number of nitrogens with one attached hydrogen (secondary N) is 1. The number of ether oxygens (including phenoxy) is 1. The fourth-order valence-corrected chi connectivity index (χ4v) is 2.78. The molecule has 1 heterocycles. The van der Waals surface area contributed by atoms with Crippen molar-refractivity contribution in [3.8, 4) is 5.75 Å². The van der Waals surface area contributed by atoms with Gasteiger partial charge in [0.25, 0.3) is 5.91 Å². The summed E-state index contributed by atoms with van der Waals surface area (Å²) in [6, 6.07) is 5.69. The highest BCUT2D eigenvalue weighted by atomic mass is 35.5. The number of likely N-dealkylation sites (tertiary alicyclic amines) is 1. The molecule has 1 aromatic carbocycles. The van der Waals surface area contributed by atoms with Crippen molar-refractivity contribution in [2.75, 3.05) is 19.6 Å². The maximum Gasteiger partial charge on any atom is 0.260 e. The highest BCUT2D eigenvalue weighted by Gasteiger charge is 2.22. The van der Waals surface area contributed by atoms with Crippen molar-refractivity contribution in [2.45, 2.75) is 45.8 Å². The van der Waals surface area contributed by atoms with Crippen LogP contribution in [0.25, 0.3) is 0 Å². The number of amides is 1. The van der Waals surface area contributed by atoms with E-state index in [9.17, 15) is 4.79 Å². The average molecular weight is 325 g/mol. The Bertz CT molecular complexity index is 513. The van der Waals surface area contributed by atoms with Crippen molar-refractivity contribution in [1.29, 1.82) is 0 Å². The quantitative estimate of drug-likeness (QED) is 0.905. The van der Waals surface area contributed by atoms with Gasteiger partial charge in [0.2, 0.25) is 0 Å². The monoisotopic (exact) mass is 324 g/mol. The molecule has 1 aromatic rings. The van der Waals surface area contributed by atoms with Gasteiger partial charge in [-0.25, -0.2) is 0 Å². The second kappa shape index (κ2) is 7.84. The van der Waals surface area contributed by atoms with Crippen LogP contribution in [0, 0.1) is 6.92 Å². The van der Waals surface area contributed by atoms with E-state index in [1.807, 2.05) is 13.0 Å². The zero-order chi connectivity index (χ0) is 16.1. The van der Waals surface area contributed by atoms with Crippen molar-refractivity contribution in [3.05, 3.63) is 28.8 Å². The molecule has 5 heteroatoms. The Morgan fingerprint density at radius 2 is 2.14 bits per heavy atom. The van der Waals surface area contributed by atoms with Crippen molar-refractivity contribution in [1.82, 2.24) is 10.2 Å².